The second kappa shape index (κ2) is 4.21. The number of hydrogen-bond donors (Lipinski definition) is 1. The first-order valence-corrected chi connectivity index (χ1v) is 5.52. The first-order chi connectivity index (χ1) is 6.78. The van der Waals surface area contributed by atoms with Gasteiger partial charge in [-0.05, 0) is 19.2 Å². The normalized spacial score (nSPS) is 27.3. The average molecular weight is 243 g/mol. The van der Waals surface area contributed by atoms with Crippen LogP contribution in [0.3, 0.4) is 0 Å². The van der Waals surface area contributed by atoms with Gasteiger partial charge >= 0.3 is 12.1 Å². The Kier molecular flexibility index (Phi) is 3.55. The third kappa shape index (κ3) is 2.78. The molecule has 1 fully saturated rings. The molecule has 88 valence electrons. The zero-order chi connectivity index (χ0) is 11.7. The fraction of sp³-hybridized carbons (Fsp3) is 0.875. The van der Waals surface area contributed by atoms with Crippen molar-refractivity contribution in [1.29, 1.82) is 0 Å². The minimum Gasteiger partial charge on any atom is -0.480 e. The largest absolute Gasteiger partial charge is 0.480 e. The van der Waals surface area contributed by atoms with Crippen LogP contribution in [0.15, 0.2) is 0 Å². The molecule has 1 saturated heterocycles. The maximum atomic E-state index is 12.2. The summed E-state index contributed by atoms with van der Waals surface area (Å²) < 4.78 is 36.5. The van der Waals surface area contributed by atoms with Gasteiger partial charge in [-0.25, -0.2) is 0 Å². The molecule has 15 heavy (non-hydrogen) atoms. The Bertz CT molecular complexity index is 251. The lowest BCUT2D eigenvalue weighted by Gasteiger charge is -2.34. The minimum absolute atomic E-state index is 0.217. The number of nitrogens with zero attached hydrogens (tertiary/aromatic N) is 1. The Morgan fingerprint density at radius 2 is 2.20 bits per heavy atom. The van der Waals surface area contributed by atoms with E-state index >= 15 is 0 Å². The van der Waals surface area contributed by atoms with Crippen LogP contribution in [0.5, 0.6) is 0 Å². The molecule has 0 radical (unpaired) electrons. The minimum atomic E-state index is -4.36. The molecule has 1 heterocycles. The Balaban J connectivity index is 2.77. The monoisotopic (exact) mass is 243 g/mol. The summed E-state index contributed by atoms with van der Waals surface area (Å²) in [5.74, 6) is -0.358. The highest BCUT2D eigenvalue weighted by atomic mass is 32.2. The van der Waals surface area contributed by atoms with Crippen LogP contribution in [0, 0.1) is 0 Å². The Morgan fingerprint density at radius 3 is 2.53 bits per heavy atom. The van der Waals surface area contributed by atoms with Gasteiger partial charge in [0, 0.05) is 5.75 Å². The zero-order valence-corrected chi connectivity index (χ0v) is 8.99. The number of rotatable bonds is 3. The quantitative estimate of drug-likeness (QED) is 0.814. The second-order valence-corrected chi connectivity index (χ2v) is 4.72. The lowest BCUT2D eigenvalue weighted by atomic mass is 9.97. The SMILES string of the molecule is CN(CC(F)(F)F)C1(C(=O)O)CCSC1. The van der Waals surface area contributed by atoms with Crippen LogP contribution in [-0.2, 0) is 4.79 Å². The summed E-state index contributed by atoms with van der Waals surface area (Å²) in [5.41, 5.74) is -1.35. The summed E-state index contributed by atoms with van der Waals surface area (Å²) in [4.78, 5) is 11.9. The van der Waals surface area contributed by atoms with Crippen molar-refractivity contribution < 1.29 is 23.1 Å². The fourth-order valence-corrected chi connectivity index (χ4v) is 3.06. The van der Waals surface area contributed by atoms with Gasteiger partial charge in [0.1, 0.15) is 5.54 Å². The van der Waals surface area contributed by atoms with Crippen LogP contribution in [0.2, 0.25) is 0 Å². The van der Waals surface area contributed by atoms with Gasteiger partial charge in [0.15, 0.2) is 0 Å². The summed E-state index contributed by atoms with van der Waals surface area (Å²) >= 11 is 1.37. The molecule has 7 heteroatoms. The second-order valence-electron chi connectivity index (χ2n) is 3.61. The van der Waals surface area contributed by atoms with Crippen molar-refractivity contribution in [2.45, 2.75) is 18.1 Å². The van der Waals surface area contributed by atoms with Crippen LogP contribution >= 0.6 is 11.8 Å². The maximum Gasteiger partial charge on any atom is 0.401 e. The maximum absolute atomic E-state index is 12.2. The van der Waals surface area contributed by atoms with Gasteiger partial charge in [-0.3, -0.25) is 9.69 Å². The van der Waals surface area contributed by atoms with Crippen molar-refractivity contribution in [1.82, 2.24) is 4.90 Å². The Labute approximate surface area is 89.6 Å². The number of hydrogen-bond acceptors (Lipinski definition) is 3. The van der Waals surface area contributed by atoms with Crippen LogP contribution in [0.4, 0.5) is 13.2 Å². The van der Waals surface area contributed by atoms with Gasteiger partial charge in [-0.1, -0.05) is 0 Å². The van der Waals surface area contributed by atoms with Crippen molar-refractivity contribution in [3.05, 3.63) is 0 Å². The molecule has 3 nitrogen and oxygen atoms in total. The first kappa shape index (κ1) is 12.6. The molecular weight excluding hydrogens is 231 g/mol. The predicted octanol–water partition coefficient (Wildman–Crippen LogP) is 1.44. The number of carboxylic acid groups (broad SMARTS) is 1. The molecule has 1 rings (SSSR count). The standard InChI is InChI=1S/C8H12F3NO2S/c1-12(4-8(9,10)11)7(6(13)14)2-3-15-5-7/h2-5H2,1H3,(H,13,14). The lowest BCUT2D eigenvalue weighted by Crippen LogP contribution is -2.55. The number of thioether (sulfide) groups is 1. The topological polar surface area (TPSA) is 40.5 Å². The van der Waals surface area contributed by atoms with E-state index in [0.29, 0.717) is 5.75 Å². The molecular formula is C8H12F3NO2S. The van der Waals surface area contributed by atoms with E-state index in [9.17, 15) is 18.0 Å². The molecule has 1 aliphatic rings. The molecule has 0 amide bonds. The molecule has 0 bridgehead atoms. The molecule has 0 aromatic heterocycles. The third-order valence-electron chi connectivity index (χ3n) is 2.55. The van der Waals surface area contributed by atoms with Gasteiger partial charge < -0.3 is 5.11 Å². The van der Waals surface area contributed by atoms with Crippen LogP contribution in [0.1, 0.15) is 6.42 Å². The number of likely N-dealkylation sites (N-methyl/N-ethyl adjacent to an activating group) is 1. The van der Waals surface area contributed by atoms with E-state index in [1.54, 1.807) is 0 Å². The molecule has 0 aromatic carbocycles. The smallest absolute Gasteiger partial charge is 0.401 e. The number of aliphatic carboxylic acids is 1. The summed E-state index contributed by atoms with van der Waals surface area (Å²) in [6, 6.07) is 0. The highest BCUT2D eigenvalue weighted by molar-refractivity contribution is 7.99. The van der Waals surface area contributed by atoms with E-state index < -0.39 is 24.2 Å². The molecule has 1 atom stereocenters. The predicted molar refractivity (Wildman–Crippen MR) is 51.0 cm³/mol. The van der Waals surface area contributed by atoms with Crippen LogP contribution in [0.25, 0.3) is 0 Å². The molecule has 1 N–H and O–H groups in total. The van der Waals surface area contributed by atoms with Crippen LogP contribution in [-0.4, -0.2) is 52.8 Å². The van der Waals surface area contributed by atoms with Gasteiger partial charge in [-0.15, -0.1) is 0 Å². The zero-order valence-electron chi connectivity index (χ0n) is 8.17. The first-order valence-electron chi connectivity index (χ1n) is 4.37. The van der Waals surface area contributed by atoms with E-state index in [-0.39, 0.29) is 12.2 Å². The molecule has 0 spiro atoms. The van der Waals surface area contributed by atoms with E-state index in [0.717, 1.165) is 4.90 Å². The number of carboxylic acids is 1. The number of halogens is 3. The van der Waals surface area contributed by atoms with Gasteiger partial charge in [0.05, 0.1) is 6.54 Å². The molecule has 1 aliphatic heterocycles. The van der Waals surface area contributed by atoms with Crippen molar-refractivity contribution in [3.63, 3.8) is 0 Å². The lowest BCUT2D eigenvalue weighted by molar-refractivity contribution is -0.168. The Morgan fingerprint density at radius 1 is 1.60 bits per heavy atom. The Hall–Kier alpha value is -0.430. The average Bonchev–Trinajstić information content (AvgIpc) is 2.48. The van der Waals surface area contributed by atoms with Crippen LogP contribution < -0.4 is 0 Å². The van der Waals surface area contributed by atoms with Gasteiger partial charge in [-0.2, -0.15) is 24.9 Å². The highest BCUT2D eigenvalue weighted by Crippen LogP contribution is 2.34. The fourth-order valence-electron chi connectivity index (χ4n) is 1.61. The molecule has 0 saturated carbocycles. The summed E-state index contributed by atoms with van der Waals surface area (Å²) in [6.07, 6.45) is -4.09. The number of alkyl halides is 3. The van der Waals surface area contributed by atoms with Crippen molar-refractivity contribution >= 4 is 17.7 Å². The third-order valence-corrected chi connectivity index (χ3v) is 3.72. The van der Waals surface area contributed by atoms with Gasteiger partial charge in [0.2, 0.25) is 0 Å². The summed E-state index contributed by atoms with van der Waals surface area (Å²) in [7, 11) is 1.22. The molecule has 0 aromatic rings. The van der Waals surface area contributed by atoms with Crippen molar-refractivity contribution in [3.8, 4) is 0 Å². The van der Waals surface area contributed by atoms with E-state index in [2.05, 4.69) is 0 Å². The van der Waals surface area contributed by atoms with E-state index in [1.807, 2.05) is 0 Å². The van der Waals surface area contributed by atoms with Crippen molar-refractivity contribution in [2.75, 3.05) is 25.1 Å². The van der Waals surface area contributed by atoms with E-state index in [1.165, 1.54) is 18.8 Å². The molecule has 0 aliphatic carbocycles. The summed E-state index contributed by atoms with van der Waals surface area (Å²) in [5, 5.41) is 9.01. The molecule has 1 unspecified atom stereocenters. The summed E-state index contributed by atoms with van der Waals surface area (Å²) in [6.45, 7) is -1.18. The van der Waals surface area contributed by atoms with Crippen molar-refractivity contribution in [2.24, 2.45) is 0 Å². The highest BCUT2D eigenvalue weighted by Gasteiger charge is 2.48. The van der Waals surface area contributed by atoms with Gasteiger partial charge in [0.25, 0.3) is 0 Å². The number of carbonyl (C=O) groups is 1. The van der Waals surface area contributed by atoms with E-state index in [4.69, 9.17) is 5.11 Å².